The molecule has 4 saturated heterocycles. The first-order valence-corrected chi connectivity index (χ1v) is 14.8. The Bertz CT molecular complexity index is 1150. The summed E-state index contributed by atoms with van der Waals surface area (Å²) in [5.41, 5.74) is 2.29. The summed E-state index contributed by atoms with van der Waals surface area (Å²) in [5, 5.41) is 0. The largest absolute Gasteiger partial charge is 0.497 e. The fraction of sp³-hybridized carbons (Fsp3) is 0.562. The molecular weight excluding hydrogens is 524 g/mol. The maximum absolute atomic E-state index is 13.6. The zero-order chi connectivity index (χ0) is 26.8. The Morgan fingerprint density at radius 2 is 1.55 bits per heavy atom. The van der Waals surface area contributed by atoms with Gasteiger partial charge in [0.1, 0.15) is 5.75 Å². The molecule has 3 amide bonds. The van der Waals surface area contributed by atoms with Crippen LogP contribution >= 0.6 is 12.4 Å². The second-order valence-electron chi connectivity index (χ2n) is 12.1. The van der Waals surface area contributed by atoms with Crippen molar-refractivity contribution in [2.45, 2.75) is 44.6 Å². The van der Waals surface area contributed by atoms with Crippen molar-refractivity contribution >= 4 is 24.3 Å². The lowest BCUT2D eigenvalue weighted by Crippen LogP contribution is -2.46. The van der Waals surface area contributed by atoms with E-state index in [1.54, 1.807) is 7.11 Å². The minimum absolute atomic E-state index is 0. The average molecular weight is 567 g/mol. The molecule has 6 rings (SSSR count). The Morgan fingerprint density at radius 1 is 0.875 bits per heavy atom. The van der Waals surface area contributed by atoms with Crippen molar-refractivity contribution in [2.24, 2.45) is 11.3 Å². The third kappa shape index (κ3) is 5.82. The van der Waals surface area contributed by atoms with E-state index in [4.69, 9.17) is 4.74 Å². The number of nitrogens with zero attached hydrogens (tertiary/aromatic N) is 4. The van der Waals surface area contributed by atoms with Crippen LogP contribution in [-0.4, -0.2) is 91.0 Å². The highest BCUT2D eigenvalue weighted by Gasteiger charge is 2.48. The molecule has 0 aromatic heterocycles. The lowest BCUT2D eigenvalue weighted by molar-refractivity contribution is -0.139. The van der Waals surface area contributed by atoms with Crippen LogP contribution in [0.25, 0.3) is 0 Å². The van der Waals surface area contributed by atoms with E-state index in [0.717, 1.165) is 95.8 Å². The SMILES string of the molecule is COc1ccc(CN2CCC3(CCN(C[C@H]4CN(C(=O)N5CCCC5)C[C@@H]4c4ccccc4)CC3)C2=O)cc1.Cl. The van der Waals surface area contributed by atoms with Crippen LogP contribution in [0, 0.1) is 11.3 Å². The third-order valence-electron chi connectivity index (χ3n) is 9.76. The Hall–Kier alpha value is -2.77. The van der Waals surface area contributed by atoms with Gasteiger partial charge in [-0.25, -0.2) is 4.79 Å². The second-order valence-corrected chi connectivity index (χ2v) is 12.1. The number of piperidine rings is 1. The van der Waals surface area contributed by atoms with E-state index in [1.807, 2.05) is 17.0 Å². The van der Waals surface area contributed by atoms with E-state index in [0.29, 0.717) is 24.3 Å². The molecule has 0 radical (unpaired) electrons. The Balaban J connectivity index is 0.00000323. The van der Waals surface area contributed by atoms with E-state index < -0.39 is 0 Å². The van der Waals surface area contributed by atoms with Crippen LogP contribution in [0.5, 0.6) is 5.75 Å². The van der Waals surface area contributed by atoms with Crippen molar-refractivity contribution in [2.75, 3.05) is 59.5 Å². The summed E-state index contributed by atoms with van der Waals surface area (Å²) < 4.78 is 5.27. The number of hydrogen-bond donors (Lipinski definition) is 0. The van der Waals surface area contributed by atoms with Crippen molar-refractivity contribution in [1.82, 2.24) is 19.6 Å². The van der Waals surface area contributed by atoms with Crippen LogP contribution in [0.3, 0.4) is 0 Å². The number of rotatable bonds is 6. The number of methoxy groups -OCH3 is 1. The minimum Gasteiger partial charge on any atom is -0.497 e. The molecule has 0 N–H and O–H groups in total. The molecule has 4 aliphatic heterocycles. The molecule has 0 bridgehead atoms. The van der Waals surface area contributed by atoms with Gasteiger partial charge in [0.15, 0.2) is 0 Å². The number of hydrogen-bond acceptors (Lipinski definition) is 4. The van der Waals surface area contributed by atoms with Crippen LogP contribution in [0.1, 0.15) is 49.1 Å². The number of urea groups is 1. The zero-order valence-corrected chi connectivity index (χ0v) is 24.5. The van der Waals surface area contributed by atoms with Crippen molar-refractivity contribution in [3.05, 3.63) is 65.7 Å². The van der Waals surface area contributed by atoms with Gasteiger partial charge in [-0.3, -0.25) is 4.79 Å². The maximum atomic E-state index is 13.6. The van der Waals surface area contributed by atoms with Crippen LogP contribution < -0.4 is 4.74 Å². The van der Waals surface area contributed by atoms with Crippen molar-refractivity contribution in [3.63, 3.8) is 0 Å². The minimum atomic E-state index is -0.199. The summed E-state index contributed by atoms with van der Waals surface area (Å²) in [6, 6.07) is 19.0. The normalized spacial score (nSPS) is 24.5. The molecule has 1 spiro atoms. The summed E-state index contributed by atoms with van der Waals surface area (Å²) in [5.74, 6) is 1.96. The molecular formula is C32H43ClN4O3. The van der Waals surface area contributed by atoms with Gasteiger partial charge in [-0.1, -0.05) is 42.5 Å². The Kier molecular flexibility index (Phi) is 8.91. The molecule has 0 aliphatic carbocycles. The predicted molar refractivity (Wildman–Crippen MR) is 159 cm³/mol. The number of likely N-dealkylation sites (tertiary alicyclic amines) is 4. The maximum Gasteiger partial charge on any atom is 0.320 e. The van der Waals surface area contributed by atoms with E-state index in [-0.39, 0.29) is 23.9 Å². The summed E-state index contributed by atoms with van der Waals surface area (Å²) >= 11 is 0. The van der Waals surface area contributed by atoms with Gasteiger partial charge in [-0.2, -0.15) is 0 Å². The van der Waals surface area contributed by atoms with Gasteiger partial charge in [-0.15, -0.1) is 12.4 Å². The quantitative estimate of drug-likeness (QED) is 0.501. The summed E-state index contributed by atoms with van der Waals surface area (Å²) in [7, 11) is 1.67. The van der Waals surface area contributed by atoms with E-state index in [1.165, 1.54) is 5.56 Å². The third-order valence-corrected chi connectivity index (χ3v) is 9.76. The van der Waals surface area contributed by atoms with Gasteiger partial charge >= 0.3 is 6.03 Å². The second kappa shape index (κ2) is 12.4. The number of carbonyl (C=O) groups excluding carboxylic acids is 2. The highest BCUT2D eigenvalue weighted by atomic mass is 35.5. The number of carbonyl (C=O) groups is 2. The Labute approximate surface area is 244 Å². The van der Waals surface area contributed by atoms with Gasteiger partial charge in [0, 0.05) is 51.7 Å². The van der Waals surface area contributed by atoms with Crippen LogP contribution in [0.2, 0.25) is 0 Å². The molecule has 4 aliphatic rings. The molecule has 4 heterocycles. The molecule has 0 saturated carbocycles. The smallest absolute Gasteiger partial charge is 0.320 e. The molecule has 40 heavy (non-hydrogen) atoms. The van der Waals surface area contributed by atoms with Gasteiger partial charge < -0.3 is 24.3 Å². The van der Waals surface area contributed by atoms with Crippen molar-refractivity contribution < 1.29 is 14.3 Å². The zero-order valence-electron chi connectivity index (χ0n) is 23.7. The van der Waals surface area contributed by atoms with Gasteiger partial charge in [0.2, 0.25) is 5.91 Å². The van der Waals surface area contributed by atoms with E-state index in [9.17, 15) is 9.59 Å². The fourth-order valence-corrected chi connectivity index (χ4v) is 7.35. The van der Waals surface area contributed by atoms with Gasteiger partial charge in [0.25, 0.3) is 0 Å². The van der Waals surface area contributed by atoms with Crippen molar-refractivity contribution in [3.8, 4) is 5.75 Å². The molecule has 2 aromatic carbocycles. The monoisotopic (exact) mass is 566 g/mol. The van der Waals surface area contributed by atoms with E-state index in [2.05, 4.69) is 57.2 Å². The standard InChI is InChI=1S/C32H42N4O3.ClH/c1-39-28-11-9-25(10-12-28)21-35-20-15-32(30(35)37)13-18-33(19-14-32)22-27-23-36(31(38)34-16-5-6-17-34)24-29(27)26-7-3-2-4-8-26;/h2-4,7-12,27,29H,5-6,13-24H2,1H3;1H/t27-,29+;/m0./s1. The fourth-order valence-electron chi connectivity index (χ4n) is 7.35. The first-order valence-electron chi connectivity index (χ1n) is 14.8. The number of benzene rings is 2. The van der Waals surface area contributed by atoms with Crippen LogP contribution in [-0.2, 0) is 11.3 Å². The van der Waals surface area contributed by atoms with Crippen LogP contribution in [0.4, 0.5) is 4.79 Å². The predicted octanol–water partition coefficient (Wildman–Crippen LogP) is 4.86. The topological polar surface area (TPSA) is 56.3 Å². The first-order chi connectivity index (χ1) is 19.0. The van der Waals surface area contributed by atoms with Gasteiger partial charge in [0.05, 0.1) is 12.5 Å². The molecule has 4 fully saturated rings. The summed E-state index contributed by atoms with van der Waals surface area (Å²) in [6.45, 7) is 7.85. The molecule has 7 nitrogen and oxygen atoms in total. The summed E-state index contributed by atoms with van der Waals surface area (Å²) in [6.07, 6.45) is 5.08. The lowest BCUT2D eigenvalue weighted by atomic mass is 9.76. The highest BCUT2D eigenvalue weighted by Crippen LogP contribution is 2.43. The molecule has 2 aromatic rings. The molecule has 216 valence electrons. The van der Waals surface area contributed by atoms with Gasteiger partial charge in [-0.05, 0) is 74.4 Å². The Morgan fingerprint density at radius 3 is 2.23 bits per heavy atom. The molecule has 2 atom stereocenters. The van der Waals surface area contributed by atoms with Crippen molar-refractivity contribution in [1.29, 1.82) is 0 Å². The highest BCUT2D eigenvalue weighted by molar-refractivity contribution is 5.85. The lowest BCUT2D eigenvalue weighted by Gasteiger charge is -2.39. The number of amides is 3. The van der Waals surface area contributed by atoms with Crippen LogP contribution in [0.15, 0.2) is 54.6 Å². The molecule has 8 heteroatoms. The number of halogens is 1. The first kappa shape index (κ1) is 28.7. The average Bonchev–Trinajstić information content (AvgIpc) is 3.73. The number of ether oxygens (including phenoxy) is 1. The summed E-state index contributed by atoms with van der Waals surface area (Å²) in [4.78, 5) is 35.6. The van der Waals surface area contributed by atoms with E-state index >= 15 is 0 Å². The molecule has 0 unspecified atom stereocenters.